The lowest BCUT2D eigenvalue weighted by Crippen LogP contribution is -2.55. The van der Waals surface area contributed by atoms with E-state index in [0.717, 1.165) is 41.1 Å². The van der Waals surface area contributed by atoms with Crippen molar-refractivity contribution in [2.75, 3.05) is 37.0 Å². The first kappa shape index (κ1) is 18.2. The van der Waals surface area contributed by atoms with E-state index in [1.54, 1.807) is 13.3 Å². The second kappa shape index (κ2) is 7.42. The predicted molar refractivity (Wildman–Crippen MR) is 111 cm³/mol. The van der Waals surface area contributed by atoms with Crippen molar-refractivity contribution in [3.05, 3.63) is 48.7 Å². The largest absolute Gasteiger partial charge is 0.497 e. The molecule has 0 bridgehead atoms. The molecule has 0 radical (unpaired) electrons. The fourth-order valence-corrected chi connectivity index (χ4v) is 3.72. The minimum absolute atomic E-state index is 0.0647. The minimum atomic E-state index is -0.0647. The van der Waals surface area contributed by atoms with Gasteiger partial charge >= 0.3 is 6.03 Å². The van der Waals surface area contributed by atoms with Gasteiger partial charge in [-0.3, -0.25) is 4.68 Å². The molecule has 28 heavy (non-hydrogen) atoms. The van der Waals surface area contributed by atoms with Crippen molar-refractivity contribution >= 4 is 28.3 Å². The average molecular weight is 379 g/mol. The van der Waals surface area contributed by atoms with E-state index in [9.17, 15) is 4.79 Å². The zero-order valence-electron chi connectivity index (χ0n) is 16.4. The highest BCUT2D eigenvalue weighted by Crippen LogP contribution is 2.23. The van der Waals surface area contributed by atoms with Crippen molar-refractivity contribution < 1.29 is 9.53 Å². The summed E-state index contributed by atoms with van der Waals surface area (Å²) < 4.78 is 7.05. The van der Waals surface area contributed by atoms with Crippen LogP contribution in [0.5, 0.6) is 5.75 Å². The molecule has 4 rings (SSSR count). The van der Waals surface area contributed by atoms with E-state index in [-0.39, 0.29) is 12.1 Å². The Balaban J connectivity index is 1.40. The van der Waals surface area contributed by atoms with Gasteiger partial charge in [0, 0.05) is 49.5 Å². The summed E-state index contributed by atoms with van der Waals surface area (Å²) in [5.41, 5.74) is 2.98. The fraction of sp³-hybridized carbons (Fsp3) is 0.333. The van der Waals surface area contributed by atoms with Crippen LogP contribution in [0.4, 0.5) is 16.2 Å². The van der Waals surface area contributed by atoms with Crippen LogP contribution in [-0.4, -0.2) is 53.5 Å². The lowest BCUT2D eigenvalue weighted by Gasteiger charge is -2.40. The number of hydrogen-bond donors (Lipinski definition) is 1. The molecule has 1 aromatic heterocycles. The number of anilines is 2. The van der Waals surface area contributed by atoms with Gasteiger partial charge in [0.05, 0.1) is 18.8 Å². The van der Waals surface area contributed by atoms with Crippen molar-refractivity contribution in [2.24, 2.45) is 7.05 Å². The number of ether oxygens (including phenoxy) is 1. The van der Waals surface area contributed by atoms with E-state index in [4.69, 9.17) is 4.74 Å². The maximum absolute atomic E-state index is 12.8. The molecule has 0 spiro atoms. The maximum atomic E-state index is 12.8. The Morgan fingerprint density at radius 1 is 1.18 bits per heavy atom. The zero-order valence-corrected chi connectivity index (χ0v) is 16.4. The summed E-state index contributed by atoms with van der Waals surface area (Å²) in [4.78, 5) is 17.0. The molecule has 1 aliphatic heterocycles. The number of urea groups is 1. The fourth-order valence-electron chi connectivity index (χ4n) is 3.72. The molecular weight excluding hydrogens is 354 g/mol. The van der Waals surface area contributed by atoms with Crippen LogP contribution in [0.2, 0.25) is 0 Å². The standard InChI is InChI=1S/C21H25N5O2/c1-15-14-25(18-5-7-19(28-3)8-6-18)10-11-26(15)21(27)23-17-4-9-20-16(12-17)13-22-24(20)2/h4-9,12-13,15H,10-11,14H2,1-3H3,(H,23,27). The number of aryl methyl sites for hydroxylation is 1. The van der Waals surface area contributed by atoms with Gasteiger partial charge < -0.3 is 19.9 Å². The Hall–Kier alpha value is -3.22. The van der Waals surface area contributed by atoms with Gasteiger partial charge in [-0.05, 0) is 49.4 Å². The van der Waals surface area contributed by atoms with Gasteiger partial charge in [-0.25, -0.2) is 4.79 Å². The Morgan fingerprint density at radius 3 is 2.68 bits per heavy atom. The number of benzene rings is 2. The van der Waals surface area contributed by atoms with Crippen molar-refractivity contribution in [3.8, 4) is 5.75 Å². The number of piperazine rings is 1. The first-order valence-electron chi connectivity index (χ1n) is 9.43. The third kappa shape index (κ3) is 3.47. The summed E-state index contributed by atoms with van der Waals surface area (Å²) in [7, 11) is 3.57. The van der Waals surface area contributed by atoms with Gasteiger partial charge in [0.25, 0.3) is 0 Å². The molecule has 2 aromatic carbocycles. The summed E-state index contributed by atoms with van der Waals surface area (Å²) in [6.07, 6.45) is 1.81. The summed E-state index contributed by atoms with van der Waals surface area (Å²) in [6, 6.07) is 13.9. The SMILES string of the molecule is COc1ccc(N2CCN(C(=O)Nc3ccc4c(cnn4C)c3)C(C)C2)cc1. The minimum Gasteiger partial charge on any atom is -0.497 e. The number of nitrogens with zero attached hydrogens (tertiary/aromatic N) is 4. The molecule has 1 N–H and O–H groups in total. The maximum Gasteiger partial charge on any atom is 0.322 e. The van der Waals surface area contributed by atoms with Crippen LogP contribution < -0.4 is 15.0 Å². The van der Waals surface area contributed by atoms with Crippen LogP contribution in [0.1, 0.15) is 6.92 Å². The van der Waals surface area contributed by atoms with Crippen molar-refractivity contribution in [2.45, 2.75) is 13.0 Å². The molecule has 1 fully saturated rings. The highest BCUT2D eigenvalue weighted by Gasteiger charge is 2.27. The number of aromatic nitrogens is 2. The normalized spacial score (nSPS) is 17.0. The van der Waals surface area contributed by atoms with E-state index >= 15 is 0 Å². The number of nitrogens with one attached hydrogen (secondary N) is 1. The molecule has 2 heterocycles. The number of fused-ring (bicyclic) bond motifs is 1. The molecule has 7 heteroatoms. The lowest BCUT2D eigenvalue weighted by atomic mass is 10.1. The van der Waals surface area contributed by atoms with E-state index in [2.05, 4.69) is 34.4 Å². The van der Waals surface area contributed by atoms with Crippen molar-refractivity contribution in [3.63, 3.8) is 0 Å². The Kier molecular flexibility index (Phi) is 4.81. The van der Waals surface area contributed by atoms with Crippen LogP contribution in [-0.2, 0) is 7.05 Å². The number of methoxy groups -OCH3 is 1. The molecule has 1 saturated heterocycles. The third-order valence-corrected chi connectivity index (χ3v) is 5.32. The summed E-state index contributed by atoms with van der Waals surface area (Å²) in [5, 5.41) is 8.29. The average Bonchev–Trinajstić information content (AvgIpc) is 3.08. The van der Waals surface area contributed by atoms with Crippen LogP contribution >= 0.6 is 0 Å². The molecule has 3 aromatic rings. The lowest BCUT2D eigenvalue weighted by molar-refractivity contribution is 0.185. The Bertz CT molecular complexity index is 982. The summed E-state index contributed by atoms with van der Waals surface area (Å²) in [5.74, 6) is 0.848. The molecule has 7 nitrogen and oxygen atoms in total. The molecule has 1 atom stereocenters. The van der Waals surface area contributed by atoms with Gasteiger partial charge in [0.1, 0.15) is 5.75 Å². The number of rotatable bonds is 3. The molecule has 2 amide bonds. The topological polar surface area (TPSA) is 62.6 Å². The second-order valence-corrected chi connectivity index (χ2v) is 7.16. The van der Waals surface area contributed by atoms with E-state index in [1.807, 2.05) is 47.0 Å². The number of hydrogen-bond acceptors (Lipinski definition) is 4. The molecule has 0 aliphatic carbocycles. The van der Waals surface area contributed by atoms with Crippen molar-refractivity contribution in [1.29, 1.82) is 0 Å². The summed E-state index contributed by atoms with van der Waals surface area (Å²) in [6.45, 7) is 4.35. The molecule has 0 saturated carbocycles. The molecule has 1 unspecified atom stereocenters. The smallest absolute Gasteiger partial charge is 0.322 e. The van der Waals surface area contributed by atoms with Gasteiger partial charge in [-0.1, -0.05) is 0 Å². The van der Waals surface area contributed by atoms with Gasteiger partial charge in [0.15, 0.2) is 0 Å². The third-order valence-electron chi connectivity index (χ3n) is 5.32. The second-order valence-electron chi connectivity index (χ2n) is 7.16. The summed E-state index contributed by atoms with van der Waals surface area (Å²) >= 11 is 0. The van der Waals surface area contributed by atoms with Crippen LogP contribution in [0.3, 0.4) is 0 Å². The van der Waals surface area contributed by atoms with E-state index < -0.39 is 0 Å². The quantitative estimate of drug-likeness (QED) is 0.758. The molecule has 146 valence electrons. The highest BCUT2D eigenvalue weighted by atomic mass is 16.5. The van der Waals surface area contributed by atoms with Crippen LogP contribution in [0.15, 0.2) is 48.7 Å². The molecule has 1 aliphatic rings. The molecular formula is C21H25N5O2. The number of carbonyl (C=O) groups excluding carboxylic acids is 1. The van der Waals surface area contributed by atoms with Crippen molar-refractivity contribution in [1.82, 2.24) is 14.7 Å². The monoisotopic (exact) mass is 379 g/mol. The number of amides is 2. The van der Waals surface area contributed by atoms with Crippen LogP contribution in [0, 0.1) is 0 Å². The van der Waals surface area contributed by atoms with E-state index in [1.165, 1.54) is 0 Å². The van der Waals surface area contributed by atoms with Gasteiger partial charge in [-0.2, -0.15) is 5.10 Å². The first-order valence-corrected chi connectivity index (χ1v) is 9.43. The first-order chi connectivity index (χ1) is 13.5. The van der Waals surface area contributed by atoms with E-state index in [0.29, 0.717) is 6.54 Å². The Labute approximate surface area is 164 Å². The number of carbonyl (C=O) groups is 1. The highest BCUT2D eigenvalue weighted by molar-refractivity contribution is 5.93. The van der Waals surface area contributed by atoms with Crippen LogP contribution in [0.25, 0.3) is 10.9 Å². The Morgan fingerprint density at radius 2 is 1.96 bits per heavy atom. The predicted octanol–water partition coefficient (Wildman–Crippen LogP) is 3.32. The van der Waals surface area contributed by atoms with Gasteiger partial charge in [-0.15, -0.1) is 0 Å². The van der Waals surface area contributed by atoms with Gasteiger partial charge in [0.2, 0.25) is 0 Å². The zero-order chi connectivity index (χ0) is 19.7.